The van der Waals surface area contributed by atoms with E-state index in [1.54, 1.807) is 6.08 Å². The third-order valence-corrected chi connectivity index (χ3v) is 4.60. The molecule has 1 N–H and O–H groups in total. The fourth-order valence-electron chi connectivity index (χ4n) is 2.96. The molecule has 1 saturated heterocycles. The lowest BCUT2D eigenvalue weighted by Gasteiger charge is -2.34. The Balaban J connectivity index is 0.00000243. The maximum Gasteiger partial charge on any atom is 0.181 e. The van der Waals surface area contributed by atoms with Gasteiger partial charge in [-0.3, -0.25) is 4.79 Å². The van der Waals surface area contributed by atoms with Crippen LogP contribution in [0.15, 0.2) is 54.6 Å². The first-order valence-electron chi connectivity index (χ1n) is 8.61. The predicted molar refractivity (Wildman–Crippen MR) is 110 cm³/mol. The Bertz CT molecular complexity index is 734. The van der Waals surface area contributed by atoms with Crippen molar-refractivity contribution >= 4 is 30.0 Å². The lowest BCUT2D eigenvalue weighted by atomic mass is 10.0. The first-order chi connectivity index (χ1) is 12.2. The minimum Gasteiger partial charge on any atom is -0.388 e. The number of piperazine rings is 1. The minimum atomic E-state index is -0.450. The monoisotopic (exact) mass is 372 g/mol. The molecule has 2 aromatic carbocycles. The highest BCUT2D eigenvalue weighted by atomic mass is 35.5. The zero-order chi connectivity index (χ0) is 17.6. The summed E-state index contributed by atoms with van der Waals surface area (Å²) >= 11 is 0. The van der Waals surface area contributed by atoms with Gasteiger partial charge in [-0.15, -0.1) is 12.4 Å². The largest absolute Gasteiger partial charge is 0.388 e. The zero-order valence-corrected chi connectivity index (χ0v) is 15.8. The van der Waals surface area contributed by atoms with Gasteiger partial charge in [-0.1, -0.05) is 42.5 Å². The molecule has 0 radical (unpaired) electrons. The zero-order valence-electron chi connectivity index (χ0n) is 15.0. The first kappa shape index (κ1) is 20.2. The maximum atomic E-state index is 11.1. The summed E-state index contributed by atoms with van der Waals surface area (Å²) in [5.41, 5.74) is 4.55. The Morgan fingerprint density at radius 3 is 2.04 bits per heavy atom. The number of nitrogens with zero attached hydrogens (tertiary/aromatic N) is 2. The molecule has 1 aliphatic rings. The highest BCUT2D eigenvalue weighted by Crippen LogP contribution is 2.24. The third kappa shape index (κ3) is 5.18. The molecule has 0 atom stereocenters. The number of benzene rings is 2. The smallest absolute Gasteiger partial charge is 0.181 e. The van der Waals surface area contributed by atoms with Gasteiger partial charge < -0.3 is 14.9 Å². The number of anilines is 1. The minimum absolute atomic E-state index is 0. The normalized spacial score (nSPS) is 15.1. The molecule has 0 aromatic heterocycles. The molecule has 0 saturated carbocycles. The number of aliphatic hydroxyl groups is 1. The van der Waals surface area contributed by atoms with Crippen LogP contribution < -0.4 is 4.90 Å². The van der Waals surface area contributed by atoms with E-state index in [0.29, 0.717) is 0 Å². The van der Waals surface area contributed by atoms with Crippen LogP contribution >= 0.6 is 12.4 Å². The summed E-state index contributed by atoms with van der Waals surface area (Å²) in [6.45, 7) is 3.91. The van der Waals surface area contributed by atoms with Crippen LogP contribution in [0.3, 0.4) is 0 Å². The number of likely N-dealkylation sites (N-methyl/N-ethyl adjacent to an activating group) is 1. The summed E-state index contributed by atoms with van der Waals surface area (Å²) in [7, 11) is 2.17. The number of aliphatic hydroxyl groups excluding tert-OH is 1. The molecule has 3 rings (SSSR count). The van der Waals surface area contributed by atoms with Crippen molar-refractivity contribution in [3.05, 3.63) is 60.2 Å². The quantitative estimate of drug-likeness (QED) is 0.819. The van der Waals surface area contributed by atoms with Gasteiger partial charge in [0.15, 0.2) is 5.78 Å². The van der Waals surface area contributed by atoms with Crippen molar-refractivity contribution in [3.63, 3.8) is 0 Å². The maximum absolute atomic E-state index is 11.1. The van der Waals surface area contributed by atoms with E-state index in [0.717, 1.165) is 37.3 Å². The van der Waals surface area contributed by atoms with E-state index < -0.39 is 6.61 Å². The molecular formula is C21H25ClN2O2. The molecule has 26 heavy (non-hydrogen) atoms. The Kier molecular flexibility index (Phi) is 7.39. The average molecular weight is 373 g/mol. The number of hydrogen-bond donors (Lipinski definition) is 1. The highest BCUT2D eigenvalue weighted by molar-refractivity contribution is 5.94. The second-order valence-corrected chi connectivity index (χ2v) is 6.42. The van der Waals surface area contributed by atoms with Gasteiger partial charge in [-0.2, -0.15) is 0 Å². The second-order valence-electron chi connectivity index (χ2n) is 6.42. The number of rotatable bonds is 5. The van der Waals surface area contributed by atoms with Gasteiger partial charge in [0, 0.05) is 31.9 Å². The molecule has 0 unspecified atom stereocenters. The molecule has 0 aliphatic carbocycles. The molecule has 138 valence electrons. The van der Waals surface area contributed by atoms with Crippen LogP contribution in [0.1, 0.15) is 5.56 Å². The summed E-state index contributed by atoms with van der Waals surface area (Å²) in [5, 5.41) is 8.73. The number of halogens is 1. The van der Waals surface area contributed by atoms with Gasteiger partial charge in [-0.25, -0.2) is 0 Å². The molecule has 0 amide bonds. The van der Waals surface area contributed by atoms with Crippen molar-refractivity contribution in [3.8, 4) is 11.1 Å². The van der Waals surface area contributed by atoms with Gasteiger partial charge in [0.1, 0.15) is 6.61 Å². The lowest BCUT2D eigenvalue weighted by Crippen LogP contribution is -2.44. The average Bonchev–Trinajstić information content (AvgIpc) is 2.67. The summed E-state index contributed by atoms with van der Waals surface area (Å²) < 4.78 is 0. The van der Waals surface area contributed by atoms with Crippen LogP contribution in [0.25, 0.3) is 17.2 Å². The van der Waals surface area contributed by atoms with Crippen LogP contribution in [-0.2, 0) is 4.79 Å². The number of carbonyl (C=O) groups excluding carboxylic acids is 1. The Hall–Kier alpha value is -2.14. The molecule has 1 aliphatic heterocycles. The van der Waals surface area contributed by atoms with E-state index in [4.69, 9.17) is 5.11 Å². The molecule has 1 heterocycles. The van der Waals surface area contributed by atoms with Gasteiger partial charge >= 0.3 is 0 Å². The molecule has 0 bridgehead atoms. The van der Waals surface area contributed by atoms with E-state index in [1.165, 1.54) is 17.3 Å². The summed E-state index contributed by atoms with van der Waals surface area (Å²) in [5.74, 6) is -0.288. The fraction of sp³-hybridized carbons (Fsp3) is 0.286. The third-order valence-electron chi connectivity index (χ3n) is 4.60. The van der Waals surface area contributed by atoms with E-state index >= 15 is 0 Å². The SMILES string of the molecule is CN1CCN(c2ccc(-c3ccc(/C=C/C(=O)CO)cc3)cc2)CC1.Cl. The summed E-state index contributed by atoms with van der Waals surface area (Å²) in [6, 6.07) is 16.8. The Labute approximate surface area is 161 Å². The molecule has 5 heteroatoms. The molecular weight excluding hydrogens is 348 g/mol. The van der Waals surface area contributed by atoms with Crippen molar-refractivity contribution in [2.45, 2.75) is 0 Å². The standard InChI is InChI=1S/C21H24N2O2.ClH/c1-22-12-14-23(15-13-22)20-9-7-19(8-10-20)18-5-2-17(3-6-18)4-11-21(25)16-24;/h2-11,24H,12-16H2,1H3;1H/b11-4+;. The molecule has 0 spiro atoms. The van der Waals surface area contributed by atoms with E-state index in [9.17, 15) is 4.79 Å². The van der Waals surface area contributed by atoms with E-state index in [2.05, 4.69) is 41.1 Å². The highest BCUT2D eigenvalue weighted by Gasteiger charge is 2.13. The Morgan fingerprint density at radius 2 is 1.50 bits per heavy atom. The fourth-order valence-corrected chi connectivity index (χ4v) is 2.96. The lowest BCUT2D eigenvalue weighted by molar-refractivity contribution is -0.117. The van der Waals surface area contributed by atoms with Crippen LogP contribution in [0.5, 0.6) is 0 Å². The molecule has 2 aromatic rings. The molecule has 4 nitrogen and oxygen atoms in total. The van der Waals surface area contributed by atoms with Crippen LogP contribution in [0, 0.1) is 0 Å². The van der Waals surface area contributed by atoms with Gasteiger partial charge in [-0.05, 0) is 41.9 Å². The molecule has 1 fully saturated rings. The number of carbonyl (C=O) groups is 1. The van der Waals surface area contributed by atoms with Crippen molar-refractivity contribution < 1.29 is 9.90 Å². The number of ketones is 1. The van der Waals surface area contributed by atoms with Crippen LogP contribution in [0.4, 0.5) is 5.69 Å². The van der Waals surface area contributed by atoms with Gasteiger partial charge in [0.25, 0.3) is 0 Å². The van der Waals surface area contributed by atoms with Crippen molar-refractivity contribution in [2.24, 2.45) is 0 Å². The van der Waals surface area contributed by atoms with E-state index in [1.807, 2.05) is 24.3 Å². The Morgan fingerprint density at radius 1 is 0.962 bits per heavy atom. The predicted octanol–water partition coefficient (Wildman–Crippen LogP) is 3.10. The first-order valence-corrected chi connectivity index (χ1v) is 8.61. The van der Waals surface area contributed by atoms with Gasteiger partial charge in [0.05, 0.1) is 0 Å². The number of hydrogen-bond acceptors (Lipinski definition) is 4. The summed E-state index contributed by atoms with van der Waals surface area (Å²) in [4.78, 5) is 15.9. The van der Waals surface area contributed by atoms with Gasteiger partial charge in [0.2, 0.25) is 0 Å². The van der Waals surface area contributed by atoms with Crippen molar-refractivity contribution in [1.29, 1.82) is 0 Å². The summed E-state index contributed by atoms with van der Waals surface area (Å²) in [6.07, 6.45) is 3.12. The van der Waals surface area contributed by atoms with Crippen molar-refractivity contribution in [2.75, 3.05) is 44.7 Å². The second kappa shape index (κ2) is 9.53. The van der Waals surface area contributed by atoms with Crippen molar-refractivity contribution in [1.82, 2.24) is 4.90 Å². The van der Waals surface area contributed by atoms with Crippen LogP contribution in [0.2, 0.25) is 0 Å². The topological polar surface area (TPSA) is 43.8 Å². The van der Waals surface area contributed by atoms with Crippen LogP contribution in [-0.4, -0.2) is 55.6 Å². The van der Waals surface area contributed by atoms with E-state index in [-0.39, 0.29) is 18.2 Å².